The van der Waals surface area contributed by atoms with Crippen molar-refractivity contribution < 1.29 is 4.79 Å². The fraction of sp³-hybridized carbons (Fsp3) is 0.615. The third kappa shape index (κ3) is 4.72. The summed E-state index contributed by atoms with van der Waals surface area (Å²) < 4.78 is 0. The van der Waals surface area contributed by atoms with Crippen LogP contribution in [-0.4, -0.2) is 44.0 Å². The van der Waals surface area contributed by atoms with Gasteiger partial charge < -0.3 is 21.3 Å². The molecule has 0 radical (unpaired) electrons. The number of anilines is 2. The van der Waals surface area contributed by atoms with Crippen molar-refractivity contribution >= 4 is 27.9 Å². The van der Waals surface area contributed by atoms with Crippen molar-refractivity contribution in [2.24, 2.45) is 0 Å². The summed E-state index contributed by atoms with van der Waals surface area (Å²) in [4.78, 5) is 14.4. The summed E-state index contributed by atoms with van der Waals surface area (Å²) in [7, 11) is 3.73. The van der Waals surface area contributed by atoms with Gasteiger partial charge in [-0.05, 0) is 39.9 Å². The Labute approximate surface area is 119 Å². The van der Waals surface area contributed by atoms with E-state index in [0.717, 1.165) is 24.5 Å². The molecule has 4 N–H and O–H groups in total. The lowest BCUT2D eigenvalue weighted by Gasteiger charge is -2.20. The second-order valence-corrected chi connectivity index (χ2v) is 5.88. The number of carbonyl (C=O) groups excluding carboxylic acids is 1. The predicted molar refractivity (Wildman–Crippen MR) is 83.0 cm³/mol. The number of rotatable bonds is 7. The Hall–Kier alpha value is -1.27. The van der Waals surface area contributed by atoms with Crippen molar-refractivity contribution in [3.8, 4) is 0 Å². The Balaban J connectivity index is 2.40. The van der Waals surface area contributed by atoms with Gasteiger partial charge in [-0.3, -0.25) is 4.79 Å². The van der Waals surface area contributed by atoms with Gasteiger partial charge in [-0.25, -0.2) is 0 Å². The molecular weight excluding hydrogens is 260 g/mol. The van der Waals surface area contributed by atoms with Crippen molar-refractivity contribution in [3.05, 3.63) is 10.9 Å². The summed E-state index contributed by atoms with van der Waals surface area (Å²) >= 11 is 1.40. The fourth-order valence-electron chi connectivity index (χ4n) is 1.58. The molecule has 0 saturated heterocycles. The first-order valence-corrected chi connectivity index (χ1v) is 7.32. The Morgan fingerprint density at radius 1 is 1.53 bits per heavy atom. The molecule has 0 saturated carbocycles. The molecule has 0 aromatic carbocycles. The molecule has 19 heavy (non-hydrogen) atoms. The van der Waals surface area contributed by atoms with Crippen LogP contribution in [0.2, 0.25) is 0 Å². The molecule has 0 bridgehead atoms. The van der Waals surface area contributed by atoms with Gasteiger partial charge in [0.2, 0.25) is 0 Å². The maximum atomic E-state index is 11.5. The quantitative estimate of drug-likeness (QED) is 0.668. The van der Waals surface area contributed by atoms with E-state index in [1.807, 2.05) is 6.07 Å². The zero-order valence-electron chi connectivity index (χ0n) is 12.1. The fourth-order valence-corrected chi connectivity index (χ4v) is 2.53. The van der Waals surface area contributed by atoms with Crippen LogP contribution in [0.1, 0.15) is 29.9 Å². The van der Waals surface area contributed by atoms with Crippen molar-refractivity contribution in [2.45, 2.75) is 26.3 Å². The number of thiophene rings is 1. The number of nitrogens with two attached hydrogens (primary N) is 1. The van der Waals surface area contributed by atoms with E-state index in [2.05, 4.69) is 36.4 Å². The van der Waals surface area contributed by atoms with Gasteiger partial charge in [-0.15, -0.1) is 11.3 Å². The van der Waals surface area contributed by atoms with Gasteiger partial charge in [-0.2, -0.15) is 0 Å². The summed E-state index contributed by atoms with van der Waals surface area (Å²) in [5.41, 5.74) is 6.34. The second-order valence-electron chi connectivity index (χ2n) is 4.83. The monoisotopic (exact) mass is 284 g/mol. The summed E-state index contributed by atoms with van der Waals surface area (Å²) in [6.07, 6.45) is 1.06. The van der Waals surface area contributed by atoms with Gasteiger partial charge in [-0.1, -0.05) is 0 Å². The summed E-state index contributed by atoms with van der Waals surface area (Å²) in [6, 6.07) is 2.39. The van der Waals surface area contributed by atoms with E-state index in [4.69, 9.17) is 5.73 Å². The Kier molecular flexibility index (Phi) is 6.11. The number of carbonyl (C=O) groups is 1. The van der Waals surface area contributed by atoms with E-state index < -0.39 is 0 Å². The first-order valence-electron chi connectivity index (χ1n) is 6.51. The normalized spacial score (nSPS) is 11.1. The van der Waals surface area contributed by atoms with E-state index in [-0.39, 0.29) is 5.91 Å². The lowest BCUT2D eigenvalue weighted by molar-refractivity contribution is 0.0968. The van der Waals surface area contributed by atoms with E-state index >= 15 is 0 Å². The number of nitrogens with one attached hydrogen (secondary N) is 2. The molecule has 0 unspecified atom stereocenters. The first kappa shape index (κ1) is 15.8. The van der Waals surface area contributed by atoms with Crippen LogP contribution < -0.4 is 16.4 Å². The molecule has 0 aliphatic carbocycles. The molecule has 0 spiro atoms. The van der Waals surface area contributed by atoms with Crippen molar-refractivity contribution in [1.29, 1.82) is 0 Å². The molecule has 0 atom stereocenters. The predicted octanol–water partition coefficient (Wildman–Crippen LogP) is 1.83. The van der Waals surface area contributed by atoms with Crippen LogP contribution in [0.3, 0.4) is 0 Å². The van der Waals surface area contributed by atoms with E-state index in [1.54, 1.807) is 7.05 Å². The third-order valence-electron chi connectivity index (χ3n) is 3.06. The molecule has 1 heterocycles. The summed E-state index contributed by atoms with van der Waals surface area (Å²) in [6.45, 7) is 6.30. The molecule has 6 heteroatoms. The molecular formula is C13H24N4OS. The number of amides is 1. The highest BCUT2D eigenvalue weighted by Gasteiger charge is 2.12. The van der Waals surface area contributed by atoms with Crippen LogP contribution in [0.25, 0.3) is 0 Å². The van der Waals surface area contributed by atoms with Crippen LogP contribution in [0.4, 0.5) is 10.7 Å². The summed E-state index contributed by atoms with van der Waals surface area (Å²) in [5, 5.41) is 6.85. The maximum absolute atomic E-state index is 11.5. The van der Waals surface area contributed by atoms with E-state index in [9.17, 15) is 4.79 Å². The third-order valence-corrected chi connectivity index (χ3v) is 4.17. The lowest BCUT2D eigenvalue weighted by atomic mass is 10.3. The zero-order chi connectivity index (χ0) is 14.4. The molecule has 0 aliphatic heterocycles. The van der Waals surface area contributed by atoms with Gasteiger partial charge in [0, 0.05) is 19.6 Å². The van der Waals surface area contributed by atoms with Crippen LogP contribution in [0, 0.1) is 0 Å². The van der Waals surface area contributed by atoms with Crippen LogP contribution in [0.5, 0.6) is 0 Å². The van der Waals surface area contributed by atoms with Gasteiger partial charge in [0.1, 0.15) is 4.88 Å². The Bertz CT molecular complexity index is 417. The van der Waals surface area contributed by atoms with Crippen molar-refractivity contribution in [3.63, 3.8) is 0 Å². The molecule has 1 aromatic rings. The van der Waals surface area contributed by atoms with Gasteiger partial charge >= 0.3 is 0 Å². The average Bonchev–Trinajstić information content (AvgIpc) is 2.74. The SMILES string of the molecule is CNC(=O)c1sc(NCCCN(C)C(C)C)cc1N. The largest absolute Gasteiger partial charge is 0.397 e. The molecule has 0 aliphatic rings. The highest BCUT2D eigenvalue weighted by molar-refractivity contribution is 7.18. The van der Waals surface area contributed by atoms with Crippen molar-refractivity contribution in [1.82, 2.24) is 10.2 Å². The minimum atomic E-state index is -0.130. The van der Waals surface area contributed by atoms with E-state index in [0.29, 0.717) is 16.6 Å². The molecule has 108 valence electrons. The Morgan fingerprint density at radius 2 is 2.21 bits per heavy atom. The second kappa shape index (κ2) is 7.35. The first-order chi connectivity index (χ1) is 8.95. The lowest BCUT2D eigenvalue weighted by Crippen LogP contribution is -2.28. The van der Waals surface area contributed by atoms with Gasteiger partial charge in [0.15, 0.2) is 0 Å². The smallest absolute Gasteiger partial charge is 0.263 e. The summed E-state index contributed by atoms with van der Waals surface area (Å²) in [5.74, 6) is -0.130. The topological polar surface area (TPSA) is 70.4 Å². The number of hydrogen-bond acceptors (Lipinski definition) is 5. The van der Waals surface area contributed by atoms with Crippen LogP contribution in [-0.2, 0) is 0 Å². The number of nitrogen functional groups attached to an aromatic ring is 1. The molecule has 0 fully saturated rings. The highest BCUT2D eigenvalue weighted by Crippen LogP contribution is 2.28. The van der Waals surface area contributed by atoms with Gasteiger partial charge in [0.25, 0.3) is 5.91 Å². The van der Waals surface area contributed by atoms with Crippen molar-refractivity contribution in [2.75, 3.05) is 38.2 Å². The standard InChI is InChI=1S/C13H24N4OS/c1-9(2)17(4)7-5-6-16-11-8-10(14)12(19-11)13(18)15-3/h8-9,16H,5-7,14H2,1-4H3,(H,15,18). The van der Waals surface area contributed by atoms with Crippen LogP contribution >= 0.6 is 11.3 Å². The number of nitrogens with zero attached hydrogens (tertiary/aromatic N) is 1. The van der Waals surface area contributed by atoms with E-state index in [1.165, 1.54) is 11.3 Å². The van der Waals surface area contributed by atoms with Gasteiger partial charge in [0.05, 0.1) is 10.7 Å². The highest BCUT2D eigenvalue weighted by atomic mass is 32.1. The molecule has 1 aromatic heterocycles. The number of hydrogen-bond donors (Lipinski definition) is 3. The molecule has 1 amide bonds. The maximum Gasteiger partial charge on any atom is 0.263 e. The molecule has 1 rings (SSSR count). The Morgan fingerprint density at radius 3 is 2.79 bits per heavy atom. The zero-order valence-corrected chi connectivity index (χ0v) is 12.9. The minimum absolute atomic E-state index is 0.130. The van der Waals surface area contributed by atoms with Crippen LogP contribution in [0.15, 0.2) is 6.07 Å². The molecule has 5 nitrogen and oxygen atoms in total. The minimum Gasteiger partial charge on any atom is -0.397 e. The average molecular weight is 284 g/mol.